The summed E-state index contributed by atoms with van der Waals surface area (Å²) >= 11 is 0. The lowest BCUT2D eigenvalue weighted by Gasteiger charge is -2.27. The van der Waals surface area contributed by atoms with Crippen LogP contribution in [0.4, 0.5) is 0 Å². The van der Waals surface area contributed by atoms with Gasteiger partial charge in [0.2, 0.25) is 0 Å². The summed E-state index contributed by atoms with van der Waals surface area (Å²) in [6, 6.07) is 9.49. The number of fused-ring (bicyclic) bond motifs is 1. The Morgan fingerprint density at radius 1 is 1.22 bits per heavy atom. The summed E-state index contributed by atoms with van der Waals surface area (Å²) in [6.45, 7) is 6.64. The summed E-state index contributed by atoms with van der Waals surface area (Å²) in [5.41, 5.74) is 4.14. The fraction of sp³-hybridized carbons (Fsp3) is 0.412. The highest BCUT2D eigenvalue weighted by Gasteiger charge is 2.20. The first kappa shape index (κ1) is 13.1. The molecule has 1 atom stereocenters. The summed E-state index contributed by atoms with van der Waals surface area (Å²) in [5.74, 6) is 0. The van der Waals surface area contributed by atoms with E-state index in [1.54, 1.807) is 0 Å². The molecule has 0 aromatic heterocycles. The lowest BCUT2D eigenvalue weighted by atomic mass is 9.88. The zero-order chi connectivity index (χ0) is 13.0. The lowest BCUT2D eigenvalue weighted by Crippen LogP contribution is -2.30. The van der Waals surface area contributed by atoms with Crippen LogP contribution in [0.3, 0.4) is 0 Å². The molecule has 0 aliphatic heterocycles. The second kappa shape index (κ2) is 6.01. The highest BCUT2D eigenvalue weighted by atomic mass is 14.9. The molecular formula is C17H23N. The van der Waals surface area contributed by atoms with Gasteiger partial charge in [-0.05, 0) is 37.0 Å². The molecule has 1 aliphatic rings. The Morgan fingerprint density at radius 2 is 2.00 bits per heavy atom. The molecule has 1 aliphatic carbocycles. The summed E-state index contributed by atoms with van der Waals surface area (Å²) in [4.78, 5) is 0. The Bertz CT molecular complexity index is 454. The number of hydrogen-bond acceptors (Lipinski definition) is 1. The van der Waals surface area contributed by atoms with E-state index in [9.17, 15) is 0 Å². The molecule has 0 heterocycles. The SMILES string of the molecule is CCC/C=C1\C=Cc2ccccc2C1NC(C)C. The Kier molecular flexibility index (Phi) is 4.38. The van der Waals surface area contributed by atoms with Crippen LogP contribution < -0.4 is 5.32 Å². The number of hydrogen-bond donors (Lipinski definition) is 1. The van der Waals surface area contributed by atoms with Gasteiger partial charge in [-0.2, -0.15) is 0 Å². The standard InChI is InChI=1S/C17H23N/c1-4-5-8-15-12-11-14-9-6-7-10-16(14)17(15)18-13(2)3/h6-13,17-18H,4-5H2,1-3H3/b15-8+. The van der Waals surface area contributed by atoms with Crippen molar-refractivity contribution in [1.29, 1.82) is 0 Å². The maximum Gasteiger partial charge on any atom is 0.0581 e. The molecule has 1 aromatic rings. The second-order valence-corrected chi connectivity index (χ2v) is 5.21. The number of rotatable bonds is 4. The second-order valence-electron chi connectivity index (χ2n) is 5.21. The molecule has 0 radical (unpaired) electrons. The van der Waals surface area contributed by atoms with Gasteiger partial charge in [0.15, 0.2) is 0 Å². The van der Waals surface area contributed by atoms with Crippen LogP contribution in [0.1, 0.15) is 50.8 Å². The van der Waals surface area contributed by atoms with Crippen LogP contribution >= 0.6 is 0 Å². The van der Waals surface area contributed by atoms with Crippen molar-refractivity contribution in [1.82, 2.24) is 5.32 Å². The summed E-state index contributed by atoms with van der Waals surface area (Å²) in [7, 11) is 0. The third kappa shape index (κ3) is 2.91. The van der Waals surface area contributed by atoms with E-state index in [1.165, 1.54) is 23.1 Å². The zero-order valence-corrected chi connectivity index (χ0v) is 11.6. The monoisotopic (exact) mass is 241 g/mol. The van der Waals surface area contributed by atoms with E-state index < -0.39 is 0 Å². The maximum absolute atomic E-state index is 3.68. The van der Waals surface area contributed by atoms with Crippen LogP contribution in [0.5, 0.6) is 0 Å². The number of allylic oxidation sites excluding steroid dienone is 1. The van der Waals surface area contributed by atoms with E-state index >= 15 is 0 Å². The van der Waals surface area contributed by atoms with Crippen molar-refractivity contribution in [3.05, 3.63) is 53.1 Å². The van der Waals surface area contributed by atoms with Gasteiger partial charge in [0.1, 0.15) is 0 Å². The van der Waals surface area contributed by atoms with Gasteiger partial charge in [0, 0.05) is 6.04 Å². The van der Waals surface area contributed by atoms with E-state index in [2.05, 4.69) is 68.6 Å². The van der Waals surface area contributed by atoms with Crippen LogP contribution in [0, 0.1) is 0 Å². The van der Waals surface area contributed by atoms with E-state index in [0.717, 1.165) is 6.42 Å². The van der Waals surface area contributed by atoms with Crippen LogP contribution in [0.25, 0.3) is 6.08 Å². The predicted octanol–water partition coefficient (Wildman–Crippen LogP) is 4.48. The number of benzene rings is 1. The van der Waals surface area contributed by atoms with Crippen molar-refractivity contribution >= 4 is 6.08 Å². The van der Waals surface area contributed by atoms with Crippen molar-refractivity contribution in [3.8, 4) is 0 Å². The van der Waals surface area contributed by atoms with Crippen molar-refractivity contribution in [3.63, 3.8) is 0 Å². The maximum atomic E-state index is 3.68. The first-order valence-corrected chi connectivity index (χ1v) is 6.95. The Morgan fingerprint density at radius 3 is 2.72 bits per heavy atom. The van der Waals surface area contributed by atoms with E-state index in [4.69, 9.17) is 0 Å². The Hall–Kier alpha value is -1.34. The first-order valence-electron chi connectivity index (χ1n) is 6.95. The number of nitrogens with one attached hydrogen (secondary N) is 1. The van der Waals surface area contributed by atoms with Gasteiger partial charge in [0.05, 0.1) is 6.04 Å². The van der Waals surface area contributed by atoms with Gasteiger partial charge in [-0.3, -0.25) is 0 Å². The average Bonchev–Trinajstić information content (AvgIpc) is 2.37. The van der Waals surface area contributed by atoms with Crippen LogP contribution in [0.15, 0.2) is 42.0 Å². The van der Waals surface area contributed by atoms with Gasteiger partial charge in [-0.25, -0.2) is 0 Å². The molecule has 1 unspecified atom stereocenters. The normalized spacial score (nSPS) is 20.4. The minimum atomic E-state index is 0.345. The molecule has 96 valence electrons. The van der Waals surface area contributed by atoms with Gasteiger partial charge >= 0.3 is 0 Å². The fourth-order valence-corrected chi connectivity index (χ4v) is 2.40. The molecule has 18 heavy (non-hydrogen) atoms. The predicted molar refractivity (Wildman–Crippen MR) is 79.5 cm³/mol. The van der Waals surface area contributed by atoms with Crippen LogP contribution in [-0.4, -0.2) is 6.04 Å². The van der Waals surface area contributed by atoms with Crippen LogP contribution in [0.2, 0.25) is 0 Å². The average molecular weight is 241 g/mol. The number of unbranched alkanes of at least 4 members (excludes halogenated alkanes) is 1. The molecule has 0 amide bonds. The minimum Gasteiger partial charge on any atom is -0.304 e. The van der Waals surface area contributed by atoms with Crippen molar-refractivity contribution < 1.29 is 0 Å². The molecule has 1 heteroatoms. The molecule has 0 fully saturated rings. The molecule has 1 aromatic carbocycles. The van der Waals surface area contributed by atoms with E-state index in [0.29, 0.717) is 12.1 Å². The molecule has 1 nitrogen and oxygen atoms in total. The van der Waals surface area contributed by atoms with Crippen molar-refractivity contribution in [2.45, 2.75) is 45.7 Å². The lowest BCUT2D eigenvalue weighted by molar-refractivity contribution is 0.525. The zero-order valence-electron chi connectivity index (χ0n) is 11.6. The Balaban J connectivity index is 2.35. The summed E-state index contributed by atoms with van der Waals surface area (Å²) < 4.78 is 0. The third-order valence-electron chi connectivity index (χ3n) is 3.26. The summed E-state index contributed by atoms with van der Waals surface area (Å²) in [5, 5.41) is 3.68. The fourth-order valence-electron chi connectivity index (χ4n) is 2.40. The molecule has 2 rings (SSSR count). The molecular weight excluding hydrogens is 218 g/mol. The quantitative estimate of drug-likeness (QED) is 0.819. The van der Waals surface area contributed by atoms with Gasteiger partial charge in [0.25, 0.3) is 0 Å². The van der Waals surface area contributed by atoms with Crippen LogP contribution in [-0.2, 0) is 0 Å². The third-order valence-corrected chi connectivity index (χ3v) is 3.26. The topological polar surface area (TPSA) is 12.0 Å². The molecule has 0 saturated heterocycles. The largest absolute Gasteiger partial charge is 0.304 e. The van der Waals surface area contributed by atoms with Gasteiger partial charge in [-0.15, -0.1) is 0 Å². The highest BCUT2D eigenvalue weighted by Crippen LogP contribution is 2.32. The Labute approximate surface area is 111 Å². The smallest absolute Gasteiger partial charge is 0.0581 e. The van der Waals surface area contributed by atoms with Crippen molar-refractivity contribution in [2.75, 3.05) is 0 Å². The summed E-state index contributed by atoms with van der Waals surface area (Å²) in [6.07, 6.45) is 9.21. The van der Waals surface area contributed by atoms with Gasteiger partial charge in [-0.1, -0.05) is 55.8 Å². The highest BCUT2D eigenvalue weighted by molar-refractivity contribution is 5.63. The molecule has 0 bridgehead atoms. The molecule has 1 N–H and O–H groups in total. The van der Waals surface area contributed by atoms with Gasteiger partial charge < -0.3 is 5.32 Å². The van der Waals surface area contributed by atoms with E-state index in [-0.39, 0.29) is 0 Å². The minimum absolute atomic E-state index is 0.345. The first-order chi connectivity index (χ1) is 8.72. The van der Waals surface area contributed by atoms with Crippen molar-refractivity contribution in [2.24, 2.45) is 0 Å². The van der Waals surface area contributed by atoms with E-state index in [1.807, 2.05) is 0 Å². The molecule has 0 saturated carbocycles. The molecule has 0 spiro atoms.